The average molecular weight is 440 g/mol. The van der Waals surface area contributed by atoms with Crippen molar-refractivity contribution >= 4 is 29.3 Å². The molecule has 0 spiro atoms. The first-order valence-electron chi connectivity index (χ1n) is 9.40. The summed E-state index contributed by atoms with van der Waals surface area (Å²) < 4.78 is 45.6. The van der Waals surface area contributed by atoms with Gasteiger partial charge in [-0.1, -0.05) is 13.8 Å². The second-order valence-corrected chi connectivity index (χ2v) is 8.06. The normalized spacial score (nSPS) is 12.4. The van der Waals surface area contributed by atoms with E-state index in [9.17, 15) is 22.8 Å². The van der Waals surface area contributed by atoms with Crippen molar-refractivity contribution in [3.63, 3.8) is 0 Å². The molecule has 0 aliphatic heterocycles. The Labute approximate surface area is 177 Å². The molecule has 1 heterocycles. The number of hydrogen-bond acceptors (Lipinski definition) is 5. The SMILES string of the molecule is CCOC(=O)c1ccc(C(=O)Nc2ccc(SC(C)CC)cc2C(F)(F)F)nc1C. The lowest BCUT2D eigenvalue weighted by atomic mass is 10.1. The maximum absolute atomic E-state index is 13.6. The van der Waals surface area contributed by atoms with Crippen molar-refractivity contribution in [3.8, 4) is 0 Å². The highest BCUT2D eigenvalue weighted by atomic mass is 32.2. The molecule has 30 heavy (non-hydrogen) atoms. The maximum atomic E-state index is 13.6. The summed E-state index contributed by atoms with van der Waals surface area (Å²) >= 11 is 1.34. The summed E-state index contributed by atoms with van der Waals surface area (Å²) in [7, 11) is 0. The number of halogens is 3. The van der Waals surface area contributed by atoms with E-state index in [4.69, 9.17) is 4.74 Å². The van der Waals surface area contributed by atoms with E-state index in [1.165, 1.54) is 36.9 Å². The van der Waals surface area contributed by atoms with Crippen molar-refractivity contribution in [1.29, 1.82) is 0 Å². The first kappa shape index (κ1) is 23.7. The van der Waals surface area contributed by atoms with Crippen LogP contribution < -0.4 is 5.32 Å². The lowest BCUT2D eigenvalue weighted by molar-refractivity contribution is -0.137. The Morgan fingerprint density at radius 2 is 1.90 bits per heavy atom. The predicted molar refractivity (Wildman–Crippen MR) is 110 cm³/mol. The van der Waals surface area contributed by atoms with Gasteiger partial charge in [0, 0.05) is 10.1 Å². The van der Waals surface area contributed by atoms with Crippen molar-refractivity contribution in [2.45, 2.75) is 50.4 Å². The number of nitrogens with zero attached hydrogens (tertiary/aromatic N) is 1. The molecule has 1 aromatic heterocycles. The molecule has 0 bridgehead atoms. The second kappa shape index (κ2) is 9.97. The topological polar surface area (TPSA) is 68.3 Å². The summed E-state index contributed by atoms with van der Waals surface area (Å²) in [5.41, 5.74) is -0.945. The van der Waals surface area contributed by atoms with Crippen molar-refractivity contribution in [2.24, 2.45) is 0 Å². The Kier molecular flexibility index (Phi) is 7.89. The van der Waals surface area contributed by atoms with Crippen molar-refractivity contribution in [1.82, 2.24) is 4.98 Å². The summed E-state index contributed by atoms with van der Waals surface area (Å²) in [5, 5.41) is 2.45. The Morgan fingerprint density at radius 1 is 1.20 bits per heavy atom. The van der Waals surface area contributed by atoms with Gasteiger partial charge in [0.25, 0.3) is 5.91 Å². The van der Waals surface area contributed by atoms with Crippen LogP contribution in [0.25, 0.3) is 0 Å². The largest absolute Gasteiger partial charge is 0.462 e. The molecule has 1 amide bonds. The first-order chi connectivity index (χ1) is 14.1. The number of pyridine rings is 1. The first-order valence-corrected chi connectivity index (χ1v) is 10.3. The number of aromatic nitrogens is 1. The zero-order valence-corrected chi connectivity index (χ0v) is 17.9. The molecule has 0 fully saturated rings. The molecule has 162 valence electrons. The van der Waals surface area contributed by atoms with E-state index >= 15 is 0 Å². The summed E-state index contributed by atoms with van der Waals surface area (Å²) in [4.78, 5) is 28.8. The monoisotopic (exact) mass is 440 g/mol. The van der Waals surface area contributed by atoms with Gasteiger partial charge in [0.15, 0.2) is 0 Å². The van der Waals surface area contributed by atoms with Crippen LogP contribution in [-0.4, -0.2) is 28.7 Å². The lowest BCUT2D eigenvalue weighted by Gasteiger charge is -2.16. The minimum absolute atomic E-state index is 0.105. The number of hydrogen-bond donors (Lipinski definition) is 1. The Balaban J connectivity index is 2.29. The van der Waals surface area contributed by atoms with Crippen molar-refractivity contribution in [2.75, 3.05) is 11.9 Å². The van der Waals surface area contributed by atoms with Gasteiger partial charge in [-0.15, -0.1) is 11.8 Å². The number of carbonyl (C=O) groups is 2. The number of esters is 1. The predicted octanol–water partition coefficient (Wildman–Crippen LogP) is 5.73. The van der Waals surface area contributed by atoms with Gasteiger partial charge in [-0.2, -0.15) is 13.2 Å². The van der Waals surface area contributed by atoms with Crippen LogP contribution in [0.5, 0.6) is 0 Å². The van der Waals surface area contributed by atoms with Crippen LogP contribution in [0.4, 0.5) is 18.9 Å². The number of alkyl halides is 3. The number of amides is 1. The van der Waals surface area contributed by atoms with E-state index in [0.29, 0.717) is 4.90 Å². The van der Waals surface area contributed by atoms with Crippen LogP contribution in [0, 0.1) is 6.92 Å². The minimum atomic E-state index is -4.63. The second-order valence-electron chi connectivity index (χ2n) is 6.55. The van der Waals surface area contributed by atoms with Gasteiger partial charge < -0.3 is 10.1 Å². The fraction of sp³-hybridized carbons (Fsp3) is 0.381. The van der Waals surface area contributed by atoms with Crippen LogP contribution in [0.15, 0.2) is 35.2 Å². The molecule has 9 heteroatoms. The lowest BCUT2D eigenvalue weighted by Crippen LogP contribution is -2.19. The van der Waals surface area contributed by atoms with Crippen LogP contribution in [0.1, 0.15) is 59.3 Å². The standard InChI is InChI=1S/C21H23F3N2O3S/c1-5-12(3)30-14-7-9-17(16(11-14)21(22,23)24)26-19(27)18-10-8-15(13(4)25-18)20(28)29-6-2/h7-12H,5-6H2,1-4H3,(H,26,27). The van der Waals surface area contributed by atoms with E-state index < -0.39 is 23.6 Å². The van der Waals surface area contributed by atoms with Crippen molar-refractivity contribution < 1.29 is 27.5 Å². The van der Waals surface area contributed by atoms with Crippen LogP contribution in [0.2, 0.25) is 0 Å². The van der Waals surface area contributed by atoms with Crippen LogP contribution in [0.3, 0.4) is 0 Å². The molecule has 1 N–H and O–H groups in total. The molecule has 1 aromatic carbocycles. The number of thioether (sulfide) groups is 1. The summed E-state index contributed by atoms with van der Waals surface area (Å²) in [5.74, 6) is -1.38. The molecule has 2 aromatic rings. The molecule has 5 nitrogen and oxygen atoms in total. The molecule has 1 atom stereocenters. The smallest absolute Gasteiger partial charge is 0.418 e. The zero-order valence-electron chi connectivity index (χ0n) is 17.1. The molecule has 0 saturated heterocycles. The molecule has 1 unspecified atom stereocenters. The van der Waals surface area contributed by atoms with Gasteiger partial charge in [0.05, 0.1) is 29.1 Å². The fourth-order valence-corrected chi connectivity index (χ4v) is 3.52. The molecule has 0 radical (unpaired) electrons. The number of ether oxygens (including phenoxy) is 1. The maximum Gasteiger partial charge on any atom is 0.418 e. The molecule has 0 aliphatic rings. The van der Waals surface area contributed by atoms with Crippen LogP contribution >= 0.6 is 11.8 Å². The highest BCUT2D eigenvalue weighted by molar-refractivity contribution is 7.99. The van der Waals surface area contributed by atoms with Gasteiger partial charge in [-0.05, 0) is 50.6 Å². The molecule has 0 saturated carbocycles. The van der Waals surface area contributed by atoms with Gasteiger partial charge >= 0.3 is 12.1 Å². The Hall–Kier alpha value is -2.55. The summed E-state index contributed by atoms with van der Waals surface area (Å²) in [6.45, 7) is 7.26. The quantitative estimate of drug-likeness (QED) is 0.440. The van der Waals surface area contributed by atoms with Gasteiger partial charge in [0.1, 0.15) is 5.69 Å². The molecule has 2 rings (SSSR count). The zero-order chi connectivity index (χ0) is 22.5. The van der Waals surface area contributed by atoms with Gasteiger partial charge in [-0.3, -0.25) is 4.79 Å². The number of carbonyl (C=O) groups excluding carboxylic acids is 2. The van der Waals surface area contributed by atoms with Crippen molar-refractivity contribution in [3.05, 3.63) is 52.8 Å². The average Bonchev–Trinajstić information content (AvgIpc) is 2.68. The third kappa shape index (κ3) is 5.98. The Morgan fingerprint density at radius 3 is 2.47 bits per heavy atom. The summed E-state index contributed by atoms with van der Waals surface area (Å²) in [6.07, 6.45) is -3.82. The van der Waals surface area contributed by atoms with E-state index in [-0.39, 0.29) is 34.5 Å². The third-order valence-electron chi connectivity index (χ3n) is 4.27. The summed E-state index contributed by atoms with van der Waals surface area (Å²) in [6, 6.07) is 6.46. The molecular weight excluding hydrogens is 417 g/mol. The van der Waals surface area contributed by atoms with E-state index in [1.807, 2.05) is 13.8 Å². The number of rotatable bonds is 7. The third-order valence-corrected chi connectivity index (χ3v) is 5.53. The van der Waals surface area contributed by atoms with Gasteiger partial charge in [0.2, 0.25) is 0 Å². The van der Waals surface area contributed by atoms with Gasteiger partial charge in [-0.25, -0.2) is 9.78 Å². The number of aryl methyl sites for hydroxylation is 1. The minimum Gasteiger partial charge on any atom is -0.462 e. The van der Waals surface area contributed by atoms with E-state index in [1.54, 1.807) is 13.0 Å². The molecule has 0 aliphatic carbocycles. The number of anilines is 1. The van der Waals surface area contributed by atoms with E-state index in [0.717, 1.165) is 12.5 Å². The highest BCUT2D eigenvalue weighted by Crippen LogP contribution is 2.38. The molecular formula is C21H23F3N2O3S. The fourth-order valence-electron chi connectivity index (χ4n) is 2.55. The van der Waals surface area contributed by atoms with Crippen LogP contribution in [-0.2, 0) is 10.9 Å². The number of nitrogens with one attached hydrogen (secondary N) is 1. The highest BCUT2D eigenvalue weighted by Gasteiger charge is 2.34. The van der Waals surface area contributed by atoms with E-state index in [2.05, 4.69) is 10.3 Å². The number of benzene rings is 1. The Bertz CT molecular complexity index is 932.